The summed E-state index contributed by atoms with van der Waals surface area (Å²) in [6, 6.07) is 13.8. The van der Waals surface area contributed by atoms with Crippen molar-refractivity contribution in [1.29, 1.82) is 0 Å². The number of benzene rings is 2. The maximum atomic E-state index is 11.1. The van der Waals surface area contributed by atoms with Crippen molar-refractivity contribution in [2.45, 2.75) is 6.54 Å². The first-order valence-electron chi connectivity index (χ1n) is 7.86. The first-order chi connectivity index (χ1) is 13.1. The third-order valence-corrected chi connectivity index (χ3v) is 4.07. The Bertz CT molecular complexity index is 1100. The minimum Gasteiger partial charge on any atom is -0.366 e. The number of primary amides is 1. The van der Waals surface area contributed by atoms with Gasteiger partial charge >= 0.3 is 0 Å². The molecule has 0 aliphatic carbocycles. The molecule has 2 heterocycles. The van der Waals surface area contributed by atoms with Crippen molar-refractivity contribution in [2.75, 3.05) is 0 Å². The van der Waals surface area contributed by atoms with Crippen LogP contribution in [-0.4, -0.2) is 36.3 Å². The van der Waals surface area contributed by atoms with Crippen LogP contribution in [0.25, 0.3) is 22.8 Å². The summed E-state index contributed by atoms with van der Waals surface area (Å²) in [7, 11) is 0. The average Bonchev–Trinajstić information content (AvgIpc) is 3.32. The lowest BCUT2D eigenvalue weighted by Gasteiger charge is -1.97. The van der Waals surface area contributed by atoms with Crippen molar-refractivity contribution in [3.05, 3.63) is 65.0 Å². The van der Waals surface area contributed by atoms with E-state index in [-0.39, 0.29) is 6.54 Å². The molecule has 10 heteroatoms. The first kappa shape index (κ1) is 16.9. The van der Waals surface area contributed by atoms with Crippen LogP contribution in [0.15, 0.2) is 53.1 Å². The molecular formula is C17H12ClN7O2. The number of carbonyl (C=O) groups is 1. The zero-order valence-corrected chi connectivity index (χ0v) is 14.5. The van der Waals surface area contributed by atoms with Gasteiger partial charge in [-0.2, -0.15) is 9.78 Å². The molecule has 0 spiro atoms. The molecule has 4 aromatic rings. The molecule has 1 amide bonds. The van der Waals surface area contributed by atoms with Gasteiger partial charge in [-0.25, -0.2) is 0 Å². The Balaban J connectivity index is 1.52. The van der Waals surface area contributed by atoms with Gasteiger partial charge in [0.05, 0.1) is 5.02 Å². The van der Waals surface area contributed by atoms with E-state index < -0.39 is 5.91 Å². The largest absolute Gasteiger partial charge is 0.366 e. The Hall–Kier alpha value is -3.59. The lowest BCUT2D eigenvalue weighted by molar-refractivity contribution is 0.100. The molecule has 0 aliphatic rings. The molecule has 2 aromatic heterocycles. The van der Waals surface area contributed by atoms with Gasteiger partial charge in [-0.15, -0.1) is 10.2 Å². The van der Waals surface area contributed by atoms with E-state index in [1.54, 1.807) is 36.4 Å². The third kappa shape index (κ3) is 3.53. The number of carbonyl (C=O) groups excluding carboxylic acids is 1. The van der Waals surface area contributed by atoms with Gasteiger partial charge in [0.2, 0.25) is 17.6 Å². The smallest absolute Gasteiger partial charge is 0.250 e. The molecule has 9 nitrogen and oxygen atoms in total. The van der Waals surface area contributed by atoms with Crippen molar-refractivity contribution < 1.29 is 9.32 Å². The second-order valence-corrected chi connectivity index (χ2v) is 5.98. The van der Waals surface area contributed by atoms with Crippen LogP contribution in [0.3, 0.4) is 0 Å². The summed E-state index contributed by atoms with van der Waals surface area (Å²) in [4.78, 5) is 16.8. The number of aromatic nitrogens is 6. The van der Waals surface area contributed by atoms with Crippen LogP contribution < -0.4 is 5.73 Å². The summed E-state index contributed by atoms with van der Waals surface area (Å²) >= 11 is 6.14. The number of nitrogens with zero attached hydrogens (tertiary/aromatic N) is 6. The molecule has 4 rings (SSSR count). The van der Waals surface area contributed by atoms with E-state index in [1.165, 1.54) is 4.80 Å². The van der Waals surface area contributed by atoms with Crippen molar-refractivity contribution in [3.8, 4) is 22.8 Å². The molecule has 0 atom stereocenters. The second kappa shape index (κ2) is 6.96. The van der Waals surface area contributed by atoms with E-state index in [2.05, 4.69) is 25.6 Å². The minimum absolute atomic E-state index is 0.157. The molecule has 2 N–H and O–H groups in total. The number of amides is 1. The van der Waals surface area contributed by atoms with E-state index in [9.17, 15) is 4.79 Å². The zero-order chi connectivity index (χ0) is 18.8. The molecule has 0 unspecified atom stereocenters. The number of halogens is 1. The van der Waals surface area contributed by atoms with Crippen LogP contribution in [0.4, 0.5) is 0 Å². The van der Waals surface area contributed by atoms with Crippen molar-refractivity contribution in [2.24, 2.45) is 5.73 Å². The molecular weight excluding hydrogens is 370 g/mol. The van der Waals surface area contributed by atoms with Crippen LogP contribution in [0, 0.1) is 0 Å². The monoisotopic (exact) mass is 381 g/mol. The highest BCUT2D eigenvalue weighted by Gasteiger charge is 2.14. The van der Waals surface area contributed by atoms with Gasteiger partial charge in [-0.3, -0.25) is 4.79 Å². The van der Waals surface area contributed by atoms with Crippen molar-refractivity contribution in [1.82, 2.24) is 30.3 Å². The predicted molar refractivity (Wildman–Crippen MR) is 95.6 cm³/mol. The van der Waals surface area contributed by atoms with Crippen LogP contribution in [0.5, 0.6) is 0 Å². The van der Waals surface area contributed by atoms with Crippen LogP contribution in [0.1, 0.15) is 16.2 Å². The molecule has 134 valence electrons. The normalized spacial score (nSPS) is 10.9. The van der Waals surface area contributed by atoms with Gasteiger partial charge in [0.25, 0.3) is 5.89 Å². The summed E-state index contributed by atoms with van der Waals surface area (Å²) in [5, 5.41) is 16.7. The van der Waals surface area contributed by atoms with Gasteiger partial charge in [-0.1, -0.05) is 41.0 Å². The maximum Gasteiger partial charge on any atom is 0.250 e. The molecule has 0 radical (unpaired) electrons. The van der Waals surface area contributed by atoms with Gasteiger partial charge < -0.3 is 10.3 Å². The summed E-state index contributed by atoms with van der Waals surface area (Å²) in [5.41, 5.74) is 7.01. The minimum atomic E-state index is -0.496. The fourth-order valence-electron chi connectivity index (χ4n) is 2.40. The third-order valence-electron chi connectivity index (χ3n) is 3.74. The molecule has 0 fully saturated rings. The van der Waals surface area contributed by atoms with Crippen molar-refractivity contribution in [3.63, 3.8) is 0 Å². The maximum absolute atomic E-state index is 11.1. The number of nitrogens with two attached hydrogens (primary N) is 1. The molecule has 0 saturated heterocycles. The Morgan fingerprint density at radius 1 is 1.11 bits per heavy atom. The Labute approximate surface area is 157 Å². The average molecular weight is 382 g/mol. The van der Waals surface area contributed by atoms with E-state index in [0.717, 1.165) is 0 Å². The van der Waals surface area contributed by atoms with Crippen molar-refractivity contribution >= 4 is 17.5 Å². The van der Waals surface area contributed by atoms with Gasteiger partial charge in [-0.05, 0) is 29.5 Å². The number of hydrogen-bond donors (Lipinski definition) is 1. The quantitative estimate of drug-likeness (QED) is 0.561. The summed E-state index contributed by atoms with van der Waals surface area (Å²) < 4.78 is 5.24. The van der Waals surface area contributed by atoms with Crippen LogP contribution >= 0.6 is 11.6 Å². The molecule has 0 saturated carbocycles. The Morgan fingerprint density at radius 2 is 1.89 bits per heavy atom. The molecule has 27 heavy (non-hydrogen) atoms. The fourth-order valence-corrected chi connectivity index (χ4v) is 2.62. The SMILES string of the molecule is NC(=O)c1ccc(-c2nnn(Cc3nc(-c4ccccc4Cl)no3)n2)cc1. The van der Waals surface area contributed by atoms with E-state index >= 15 is 0 Å². The molecule has 0 bridgehead atoms. The molecule has 0 aliphatic heterocycles. The predicted octanol–water partition coefficient (Wildman–Crippen LogP) is 2.19. The van der Waals surface area contributed by atoms with Crippen LogP contribution in [0.2, 0.25) is 5.02 Å². The highest BCUT2D eigenvalue weighted by Crippen LogP contribution is 2.25. The highest BCUT2D eigenvalue weighted by atomic mass is 35.5. The van der Waals surface area contributed by atoms with Gasteiger partial charge in [0, 0.05) is 16.7 Å². The standard InChI is InChI=1S/C17H12ClN7O2/c18-13-4-2-1-3-12(13)17-20-14(27-23-17)9-25-22-16(21-24-25)11-7-5-10(6-8-11)15(19)26/h1-8H,9H2,(H2,19,26). The molecule has 2 aromatic carbocycles. The second-order valence-electron chi connectivity index (χ2n) is 5.58. The van der Waals surface area contributed by atoms with E-state index in [0.29, 0.717) is 39.3 Å². The Kier molecular flexibility index (Phi) is 4.35. The lowest BCUT2D eigenvalue weighted by Crippen LogP contribution is -2.10. The number of tetrazole rings is 1. The first-order valence-corrected chi connectivity index (χ1v) is 8.23. The summed E-state index contributed by atoms with van der Waals surface area (Å²) in [5.74, 6) is 0.608. The summed E-state index contributed by atoms with van der Waals surface area (Å²) in [6.45, 7) is 0.157. The van der Waals surface area contributed by atoms with Gasteiger partial charge in [0.15, 0.2) is 0 Å². The van der Waals surface area contributed by atoms with E-state index in [1.807, 2.05) is 12.1 Å². The summed E-state index contributed by atoms with van der Waals surface area (Å²) in [6.07, 6.45) is 0. The van der Waals surface area contributed by atoms with Gasteiger partial charge in [0.1, 0.15) is 6.54 Å². The zero-order valence-electron chi connectivity index (χ0n) is 13.8. The Morgan fingerprint density at radius 3 is 2.63 bits per heavy atom. The fraction of sp³-hybridized carbons (Fsp3) is 0.0588. The van der Waals surface area contributed by atoms with E-state index in [4.69, 9.17) is 21.9 Å². The topological polar surface area (TPSA) is 126 Å². The number of rotatable bonds is 5. The highest BCUT2D eigenvalue weighted by molar-refractivity contribution is 6.33. The lowest BCUT2D eigenvalue weighted by atomic mass is 10.1. The number of hydrogen-bond acceptors (Lipinski definition) is 7. The van der Waals surface area contributed by atoms with Crippen LogP contribution in [-0.2, 0) is 6.54 Å².